The molecule has 2 rings (SSSR count). The fraction of sp³-hybridized carbons (Fsp3) is 0.667. The lowest BCUT2D eigenvalue weighted by molar-refractivity contribution is -0.173. The first-order chi connectivity index (χ1) is 8.99. The average molecular weight is 275 g/mol. The Kier molecular flexibility index (Phi) is 4.24. The van der Waals surface area contributed by atoms with Gasteiger partial charge < -0.3 is 10.1 Å². The number of alkyl halides is 3. The third-order valence-electron chi connectivity index (χ3n) is 2.95. The molecule has 0 unspecified atom stereocenters. The number of aromatic nitrogens is 2. The van der Waals surface area contributed by atoms with Crippen molar-refractivity contribution >= 4 is 5.82 Å². The maximum atomic E-state index is 11.9. The molecule has 0 spiro atoms. The van der Waals surface area contributed by atoms with Gasteiger partial charge in [0.25, 0.3) is 0 Å². The summed E-state index contributed by atoms with van der Waals surface area (Å²) in [5.41, 5.74) is 2.13. The van der Waals surface area contributed by atoms with Crippen LogP contribution in [-0.4, -0.2) is 36.4 Å². The maximum Gasteiger partial charge on any atom is 0.411 e. The molecule has 1 aromatic heterocycles. The number of hydrogen-bond donors (Lipinski definition) is 1. The molecule has 0 aromatic carbocycles. The monoisotopic (exact) mass is 275 g/mol. The highest BCUT2D eigenvalue weighted by Crippen LogP contribution is 2.26. The minimum atomic E-state index is -4.28. The van der Waals surface area contributed by atoms with Crippen molar-refractivity contribution < 1.29 is 17.9 Å². The smallest absolute Gasteiger partial charge is 0.373 e. The molecule has 0 saturated carbocycles. The van der Waals surface area contributed by atoms with Gasteiger partial charge in [-0.1, -0.05) is 0 Å². The molecular formula is C12H16F3N3O. The molecule has 0 aliphatic heterocycles. The summed E-state index contributed by atoms with van der Waals surface area (Å²) in [6.07, 6.45) is -1.08. The van der Waals surface area contributed by atoms with Crippen LogP contribution in [0.2, 0.25) is 0 Å². The summed E-state index contributed by atoms with van der Waals surface area (Å²) in [6.45, 7) is -1.25. The predicted octanol–water partition coefficient (Wildman–Crippen LogP) is 2.13. The summed E-state index contributed by atoms with van der Waals surface area (Å²) in [5.74, 6) is 1.32. The lowest BCUT2D eigenvalue weighted by Gasteiger charge is -2.10. The van der Waals surface area contributed by atoms with Crippen molar-refractivity contribution in [1.29, 1.82) is 0 Å². The van der Waals surface area contributed by atoms with E-state index in [2.05, 4.69) is 20.0 Å². The number of aryl methyl sites for hydroxylation is 1. The van der Waals surface area contributed by atoms with Crippen molar-refractivity contribution in [3.05, 3.63) is 17.1 Å². The lowest BCUT2D eigenvalue weighted by atomic mass is 10.2. The molecule has 0 bridgehead atoms. The van der Waals surface area contributed by atoms with E-state index >= 15 is 0 Å². The van der Waals surface area contributed by atoms with Crippen molar-refractivity contribution in [3.8, 4) is 0 Å². The van der Waals surface area contributed by atoms with Crippen molar-refractivity contribution in [2.75, 3.05) is 25.6 Å². The van der Waals surface area contributed by atoms with Crippen LogP contribution in [0.25, 0.3) is 0 Å². The minimum Gasteiger partial charge on any atom is -0.373 e. The van der Waals surface area contributed by atoms with Crippen LogP contribution in [0, 0.1) is 0 Å². The van der Waals surface area contributed by atoms with E-state index in [0.29, 0.717) is 5.82 Å². The third kappa shape index (κ3) is 3.79. The fourth-order valence-electron chi connectivity index (χ4n) is 2.15. The Bertz CT molecular complexity index is 449. The van der Waals surface area contributed by atoms with E-state index < -0.39 is 12.8 Å². The van der Waals surface area contributed by atoms with Crippen LogP contribution in [0.3, 0.4) is 0 Å². The molecule has 0 fully saturated rings. The Morgan fingerprint density at radius 1 is 1.26 bits per heavy atom. The van der Waals surface area contributed by atoms with E-state index in [1.807, 2.05) is 0 Å². The van der Waals surface area contributed by atoms with Crippen LogP contribution >= 0.6 is 0 Å². The molecule has 1 heterocycles. The highest BCUT2D eigenvalue weighted by molar-refractivity contribution is 5.48. The van der Waals surface area contributed by atoms with Crippen LogP contribution in [-0.2, 0) is 24.0 Å². The van der Waals surface area contributed by atoms with Crippen molar-refractivity contribution in [2.45, 2.75) is 31.9 Å². The van der Waals surface area contributed by atoms with Crippen molar-refractivity contribution in [1.82, 2.24) is 9.97 Å². The van der Waals surface area contributed by atoms with Crippen molar-refractivity contribution in [2.24, 2.45) is 0 Å². The van der Waals surface area contributed by atoms with Gasteiger partial charge in [-0.2, -0.15) is 13.2 Å². The van der Waals surface area contributed by atoms with Gasteiger partial charge in [0.15, 0.2) is 0 Å². The van der Waals surface area contributed by atoms with Gasteiger partial charge in [-0.15, -0.1) is 0 Å². The summed E-state index contributed by atoms with van der Waals surface area (Å²) in [6, 6.07) is 0. The van der Waals surface area contributed by atoms with E-state index in [0.717, 1.165) is 36.3 Å². The van der Waals surface area contributed by atoms with Gasteiger partial charge >= 0.3 is 6.18 Å². The number of anilines is 1. The zero-order valence-corrected chi connectivity index (χ0v) is 10.7. The number of fused-ring (bicyclic) bond motifs is 1. The Labute approximate surface area is 109 Å². The maximum absolute atomic E-state index is 11.9. The Hall–Kier alpha value is -1.37. The highest BCUT2D eigenvalue weighted by atomic mass is 19.4. The fourth-order valence-corrected chi connectivity index (χ4v) is 2.15. The SMILES string of the molecule is CNc1nc(CCOCC(F)(F)F)nc2c1CCC2. The van der Waals surface area contributed by atoms with E-state index in [4.69, 9.17) is 0 Å². The van der Waals surface area contributed by atoms with E-state index in [1.54, 1.807) is 7.05 Å². The molecule has 0 amide bonds. The summed E-state index contributed by atoms with van der Waals surface area (Å²) >= 11 is 0. The molecular weight excluding hydrogens is 259 g/mol. The van der Waals surface area contributed by atoms with Gasteiger partial charge in [0.2, 0.25) is 0 Å². The summed E-state index contributed by atoms with van der Waals surface area (Å²) in [7, 11) is 1.78. The molecule has 19 heavy (non-hydrogen) atoms. The zero-order chi connectivity index (χ0) is 13.9. The van der Waals surface area contributed by atoms with E-state index in [9.17, 15) is 13.2 Å². The third-order valence-corrected chi connectivity index (χ3v) is 2.95. The largest absolute Gasteiger partial charge is 0.411 e. The van der Waals surface area contributed by atoms with Gasteiger partial charge in [0, 0.05) is 24.7 Å². The molecule has 0 saturated heterocycles. The summed E-state index contributed by atoms with van der Waals surface area (Å²) < 4.78 is 40.3. The van der Waals surface area contributed by atoms with Crippen LogP contribution in [0.15, 0.2) is 0 Å². The first-order valence-electron chi connectivity index (χ1n) is 6.20. The van der Waals surface area contributed by atoms with E-state index in [1.165, 1.54) is 0 Å². The summed E-state index contributed by atoms with van der Waals surface area (Å²) in [5, 5.41) is 3.01. The molecule has 1 aromatic rings. The van der Waals surface area contributed by atoms with Gasteiger partial charge in [-0.25, -0.2) is 9.97 Å². The number of nitrogens with zero attached hydrogens (tertiary/aromatic N) is 2. The Morgan fingerprint density at radius 3 is 2.74 bits per heavy atom. The second kappa shape index (κ2) is 5.73. The molecule has 1 N–H and O–H groups in total. The normalized spacial score (nSPS) is 14.5. The van der Waals surface area contributed by atoms with Gasteiger partial charge in [0.1, 0.15) is 18.2 Å². The summed E-state index contributed by atoms with van der Waals surface area (Å²) in [4.78, 5) is 8.70. The minimum absolute atomic E-state index is 0.0263. The van der Waals surface area contributed by atoms with Crippen LogP contribution in [0.5, 0.6) is 0 Å². The number of nitrogens with one attached hydrogen (secondary N) is 1. The molecule has 4 nitrogen and oxygen atoms in total. The lowest BCUT2D eigenvalue weighted by Crippen LogP contribution is -2.18. The number of rotatable bonds is 5. The van der Waals surface area contributed by atoms with E-state index in [-0.39, 0.29) is 13.0 Å². The highest BCUT2D eigenvalue weighted by Gasteiger charge is 2.27. The zero-order valence-electron chi connectivity index (χ0n) is 10.7. The number of ether oxygens (including phenoxy) is 1. The van der Waals surface area contributed by atoms with Crippen LogP contribution in [0.1, 0.15) is 23.5 Å². The predicted molar refractivity (Wildman–Crippen MR) is 64.2 cm³/mol. The Balaban J connectivity index is 1.94. The standard InChI is InChI=1S/C12H16F3N3O/c1-16-11-8-3-2-4-9(8)17-10(18-11)5-6-19-7-12(13,14)15/h2-7H2,1H3,(H,16,17,18). The van der Waals surface area contributed by atoms with Gasteiger partial charge in [0.05, 0.1) is 6.61 Å². The quantitative estimate of drug-likeness (QED) is 0.836. The second-order valence-corrected chi connectivity index (χ2v) is 4.44. The van der Waals surface area contributed by atoms with Gasteiger partial charge in [-0.05, 0) is 19.3 Å². The van der Waals surface area contributed by atoms with Gasteiger partial charge in [-0.3, -0.25) is 0 Å². The average Bonchev–Trinajstić information content (AvgIpc) is 2.80. The first kappa shape index (κ1) is 14.0. The first-order valence-corrected chi connectivity index (χ1v) is 6.20. The molecule has 106 valence electrons. The Morgan fingerprint density at radius 2 is 2.05 bits per heavy atom. The number of hydrogen-bond acceptors (Lipinski definition) is 4. The van der Waals surface area contributed by atoms with Crippen LogP contribution < -0.4 is 5.32 Å². The molecule has 1 aliphatic carbocycles. The molecule has 0 radical (unpaired) electrons. The van der Waals surface area contributed by atoms with Crippen LogP contribution in [0.4, 0.5) is 19.0 Å². The second-order valence-electron chi connectivity index (χ2n) is 4.44. The number of halogens is 3. The molecule has 7 heteroatoms. The molecule has 1 aliphatic rings. The molecule has 0 atom stereocenters. The van der Waals surface area contributed by atoms with Crippen molar-refractivity contribution in [3.63, 3.8) is 0 Å². The topological polar surface area (TPSA) is 47.0 Å².